The van der Waals surface area contributed by atoms with Gasteiger partial charge in [0.2, 0.25) is 5.91 Å². The van der Waals surface area contributed by atoms with E-state index in [-0.39, 0.29) is 42.7 Å². The molecule has 2 N–H and O–H groups in total. The minimum atomic E-state index is -0.696. The third-order valence-corrected chi connectivity index (χ3v) is 8.12. The second-order valence-corrected chi connectivity index (χ2v) is 10.4. The number of anilines is 1. The van der Waals surface area contributed by atoms with E-state index in [1.807, 2.05) is 25.1 Å². The number of amides is 3. The number of hydrogen-bond donors (Lipinski definition) is 2. The number of nitrogens with one attached hydrogen (secondary N) is 1. The highest BCUT2D eigenvalue weighted by atomic mass is 35.5. The van der Waals surface area contributed by atoms with E-state index in [4.69, 9.17) is 0 Å². The number of nitrogens with zero attached hydrogens (tertiary/aromatic N) is 4. The molecule has 210 valence electrons. The molecule has 0 aromatic heterocycles. The van der Waals surface area contributed by atoms with Crippen LogP contribution in [0.15, 0.2) is 42.5 Å². The highest BCUT2D eigenvalue weighted by molar-refractivity contribution is 6.03. The van der Waals surface area contributed by atoms with Crippen molar-refractivity contribution in [1.82, 2.24) is 20.0 Å². The summed E-state index contributed by atoms with van der Waals surface area (Å²) in [5.74, 6) is -0.182. The van der Waals surface area contributed by atoms with Gasteiger partial charge in [-0.2, -0.15) is 0 Å². The van der Waals surface area contributed by atoms with Gasteiger partial charge in [0.15, 0.2) is 0 Å². The smallest absolute Gasteiger partial charge is 0.256 e. The standard InChI is InChI=1S/C29H37N5O4.ClH/c1-3-31-10-15-34(19-27(36)25-16-21-6-4-5-7-23(21)18-30-25)29(38)24-9-8-22(17-26(24)31)28(37)33-13-11-32(12-14-33)20(2)35;/h4-9,17,25,27,30,36H,3,10-16,18-19H2,1-2H3;1H/t25-,27?;/m0./s1. The first-order valence-corrected chi connectivity index (χ1v) is 13.6. The van der Waals surface area contributed by atoms with Gasteiger partial charge >= 0.3 is 0 Å². The molecule has 1 unspecified atom stereocenters. The molecule has 10 heteroatoms. The number of rotatable bonds is 5. The molecule has 2 aromatic rings. The van der Waals surface area contributed by atoms with Gasteiger partial charge in [0.05, 0.1) is 17.4 Å². The summed E-state index contributed by atoms with van der Waals surface area (Å²) >= 11 is 0. The number of aliphatic hydroxyl groups excluding tert-OH is 1. The molecule has 5 rings (SSSR count). The Balaban J connectivity index is 0.00000353. The average molecular weight is 556 g/mol. The zero-order valence-electron chi connectivity index (χ0n) is 22.6. The molecule has 1 saturated heterocycles. The summed E-state index contributed by atoms with van der Waals surface area (Å²) in [6.07, 6.45) is 0.0295. The molecule has 0 radical (unpaired) electrons. The van der Waals surface area contributed by atoms with Crippen molar-refractivity contribution in [2.45, 2.75) is 39.0 Å². The summed E-state index contributed by atoms with van der Waals surface area (Å²) in [5.41, 5.74) is 4.34. The highest BCUT2D eigenvalue weighted by Crippen LogP contribution is 2.28. The maximum Gasteiger partial charge on any atom is 0.256 e. The topological polar surface area (TPSA) is 96.4 Å². The molecule has 9 nitrogen and oxygen atoms in total. The van der Waals surface area contributed by atoms with Crippen molar-refractivity contribution in [3.8, 4) is 0 Å². The van der Waals surface area contributed by atoms with E-state index in [1.54, 1.807) is 33.8 Å². The van der Waals surface area contributed by atoms with Crippen LogP contribution < -0.4 is 10.2 Å². The number of carbonyl (C=O) groups is 3. The summed E-state index contributed by atoms with van der Waals surface area (Å²) in [7, 11) is 0. The van der Waals surface area contributed by atoms with E-state index < -0.39 is 6.10 Å². The van der Waals surface area contributed by atoms with Gasteiger partial charge < -0.3 is 30.0 Å². The fourth-order valence-corrected chi connectivity index (χ4v) is 5.75. The fraction of sp³-hybridized carbons (Fsp3) is 0.483. The number of halogens is 1. The number of fused-ring (bicyclic) bond motifs is 2. The van der Waals surface area contributed by atoms with Gasteiger partial charge in [-0.3, -0.25) is 14.4 Å². The van der Waals surface area contributed by atoms with Crippen molar-refractivity contribution in [2.24, 2.45) is 0 Å². The van der Waals surface area contributed by atoms with E-state index >= 15 is 0 Å². The molecule has 3 heterocycles. The Labute approximate surface area is 236 Å². The van der Waals surface area contributed by atoms with E-state index in [0.29, 0.717) is 63.5 Å². The summed E-state index contributed by atoms with van der Waals surface area (Å²) < 4.78 is 0. The van der Waals surface area contributed by atoms with Crippen LogP contribution in [0.3, 0.4) is 0 Å². The molecule has 3 aliphatic heterocycles. The van der Waals surface area contributed by atoms with Crippen LogP contribution in [-0.2, 0) is 17.8 Å². The maximum atomic E-state index is 13.6. The Kier molecular flexibility index (Phi) is 9.15. The van der Waals surface area contributed by atoms with E-state index in [2.05, 4.69) is 22.3 Å². The number of aliphatic hydroxyl groups is 1. The second-order valence-electron chi connectivity index (χ2n) is 10.4. The lowest BCUT2D eigenvalue weighted by Crippen LogP contribution is -2.50. The minimum absolute atomic E-state index is 0. The Bertz CT molecular complexity index is 1220. The predicted molar refractivity (Wildman–Crippen MR) is 152 cm³/mol. The number of β-amino-alcohol motifs (C(OH)–C–C–N with tert-alkyl or cyclic N) is 1. The lowest BCUT2D eigenvalue weighted by molar-refractivity contribution is -0.130. The summed E-state index contributed by atoms with van der Waals surface area (Å²) in [6, 6.07) is 13.4. The molecule has 3 aliphatic rings. The first-order valence-electron chi connectivity index (χ1n) is 13.6. The van der Waals surface area contributed by atoms with Crippen LogP contribution in [0.1, 0.15) is 45.7 Å². The van der Waals surface area contributed by atoms with E-state index in [0.717, 1.165) is 12.1 Å². The van der Waals surface area contributed by atoms with Crippen molar-refractivity contribution in [3.63, 3.8) is 0 Å². The monoisotopic (exact) mass is 555 g/mol. The molecule has 1 fully saturated rings. The van der Waals surface area contributed by atoms with Crippen LogP contribution in [0, 0.1) is 0 Å². The molecule has 2 aromatic carbocycles. The second kappa shape index (κ2) is 12.4. The number of carbonyl (C=O) groups excluding carboxylic acids is 3. The zero-order valence-corrected chi connectivity index (χ0v) is 23.5. The average Bonchev–Trinajstić information content (AvgIpc) is 3.08. The maximum absolute atomic E-state index is 13.6. The largest absolute Gasteiger partial charge is 0.390 e. The number of likely N-dealkylation sites (N-methyl/N-ethyl adjacent to an activating group) is 1. The van der Waals surface area contributed by atoms with Gasteiger partial charge in [0, 0.05) is 77.4 Å². The third-order valence-electron chi connectivity index (χ3n) is 8.12. The Hall–Kier alpha value is -3.14. The molecule has 0 saturated carbocycles. The predicted octanol–water partition coefficient (Wildman–Crippen LogP) is 1.77. The minimum Gasteiger partial charge on any atom is -0.390 e. The van der Waals surface area contributed by atoms with E-state index in [1.165, 1.54) is 11.1 Å². The first-order chi connectivity index (χ1) is 18.4. The zero-order chi connectivity index (χ0) is 26.8. The lowest BCUT2D eigenvalue weighted by Gasteiger charge is -2.34. The van der Waals surface area contributed by atoms with E-state index in [9.17, 15) is 19.5 Å². The molecule has 39 heavy (non-hydrogen) atoms. The Morgan fingerprint density at radius 3 is 2.33 bits per heavy atom. The molecule has 0 aliphatic carbocycles. The SMILES string of the molecule is CCN1CCN(CC(O)[C@@H]2Cc3ccccc3CN2)C(=O)c2ccc(C(=O)N3CCN(C(C)=O)CC3)cc21.Cl. The quantitative estimate of drug-likeness (QED) is 0.584. The molecule has 2 atom stereocenters. The molecule has 0 bridgehead atoms. The normalized spacial score (nSPS) is 20.0. The van der Waals surface area contributed by atoms with Gasteiger partial charge in [-0.15, -0.1) is 12.4 Å². The van der Waals surface area contributed by atoms with Crippen molar-refractivity contribution in [2.75, 3.05) is 57.3 Å². The van der Waals surface area contributed by atoms with Gasteiger partial charge in [-0.25, -0.2) is 0 Å². The van der Waals surface area contributed by atoms with Crippen molar-refractivity contribution < 1.29 is 19.5 Å². The van der Waals surface area contributed by atoms with Crippen LogP contribution in [0.25, 0.3) is 0 Å². The molecular weight excluding hydrogens is 518 g/mol. The first kappa shape index (κ1) is 28.9. The summed E-state index contributed by atoms with van der Waals surface area (Å²) in [5, 5.41) is 14.5. The van der Waals surface area contributed by atoms with Crippen LogP contribution in [-0.4, -0.2) is 102 Å². The Morgan fingerprint density at radius 2 is 1.64 bits per heavy atom. The van der Waals surface area contributed by atoms with Crippen LogP contribution in [0.4, 0.5) is 5.69 Å². The van der Waals surface area contributed by atoms with Gasteiger partial charge in [0.1, 0.15) is 0 Å². The van der Waals surface area contributed by atoms with Crippen LogP contribution in [0.5, 0.6) is 0 Å². The number of piperazine rings is 1. The summed E-state index contributed by atoms with van der Waals surface area (Å²) in [6.45, 7) is 8.42. The van der Waals surface area contributed by atoms with Crippen molar-refractivity contribution >= 4 is 35.8 Å². The highest BCUT2D eigenvalue weighted by Gasteiger charge is 2.32. The van der Waals surface area contributed by atoms with Crippen molar-refractivity contribution in [1.29, 1.82) is 0 Å². The van der Waals surface area contributed by atoms with Gasteiger partial charge in [0.25, 0.3) is 11.8 Å². The molecular formula is C29H38ClN5O4. The van der Waals surface area contributed by atoms with Crippen molar-refractivity contribution in [3.05, 3.63) is 64.7 Å². The number of hydrogen-bond acceptors (Lipinski definition) is 6. The third kappa shape index (κ3) is 6.05. The fourth-order valence-electron chi connectivity index (χ4n) is 5.75. The molecule has 0 spiro atoms. The Morgan fingerprint density at radius 1 is 0.974 bits per heavy atom. The van der Waals surface area contributed by atoms with Crippen LogP contribution >= 0.6 is 12.4 Å². The number of benzene rings is 2. The summed E-state index contributed by atoms with van der Waals surface area (Å²) in [4.78, 5) is 45.9. The lowest BCUT2D eigenvalue weighted by atomic mass is 9.92. The molecule has 3 amide bonds. The van der Waals surface area contributed by atoms with Crippen LogP contribution in [0.2, 0.25) is 0 Å². The van der Waals surface area contributed by atoms with Gasteiger partial charge in [-0.1, -0.05) is 24.3 Å². The van der Waals surface area contributed by atoms with Gasteiger partial charge in [-0.05, 0) is 42.7 Å².